The number of para-hydroxylation sites is 1. The number of ether oxygens (including phenoxy) is 3. The van der Waals surface area contributed by atoms with E-state index >= 15 is 0 Å². The zero-order valence-electron chi connectivity index (χ0n) is 18.6. The van der Waals surface area contributed by atoms with Gasteiger partial charge in [0.15, 0.2) is 11.5 Å². The quantitative estimate of drug-likeness (QED) is 0.663. The Kier molecular flexibility index (Phi) is 7.33. The first-order valence-corrected chi connectivity index (χ1v) is 11.4. The number of benzene rings is 2. The summed E-state index contributed by atoms with van der Waals surface area (Å²) in [5, 5.41) is 10.5. The Morgan fingerprint density at radius 2 is 1.74 bits per heavy atom. The number of hydrogen-bond donors (Lipinski definition) is 1. The molecule has 2 unspecified atom stereocenters. The molecule has 4 rings (SSSR count). The Labute approximate surface area is 185 Å². The van der Waals surface area contributed by atoms with Crippen LogP contribution in [0, 0.1) is 0 Å². The topological polar surface area (TPSA) is 54.4 Å². The highest BCUT2D eigenvalue weighted by Gasteiger charge is 2.21. The summed E-state index contributed by atoms with van der Waals surface area (Å²) in [5.41, 5.74) is 2.46. The van der Waals surface area contributed by atoms with Crippen LogP contribution in [0.2, 0.25) is 0 Å². The fourth-order valence-corrected chi connectivity index (χ4v) is 4.20. The van der Waals surface area contributed by atoms with E-state index in [0.29, 0.717) is 25.9 Å². The summed E-state index contributed by atoms with van der Waals surface area (Å²) >= 11 is 0. The molecule has 2 atom stereocenters. The normalized spacial score (nSPS) is 18.7. The van der Waals surface area contributed by atoms with E-state index < -0.39 is 6.10 Å². The Morgan fingerprint density at radius 1 is 1.00 bits per heavy atom. The van der Waals surface area contributed by atoms with Crippen molar-refractivity contribution in [3.8, 4) is 17.2 Å². The number of aliphatic hydroxyl groups is 1. The van der Waals surface area contributed by atoms with E-state index in [1.807, 2.05) is 24.3 Å². The van der Waals surface area contributed by atoms with E-state index in [0.717, 1.165) is 56.4 Å². The number of β-amino-alcohol motifs (C(OH)–C–C–N with tert-alkyl or cyclic N) is 1. The summed E-state index contributed by atoms with van der Waals surface area (Å²) in [4.78, 5) is 4.77. The van der Waals surface area contributed by atoms with Gasteiger partial charge < -0.3 is 19.3 Å². The molecule has 6 heteroatoms. The third-order valence-electron chi connectivity index (χ3n) is 6.27. The lowest BCUT2D eigenvalue weighted by Gasteiger charge is -2.35. The van der Waals surface area contributed by atoms with Gasteiger partial charge in [-0.3, -0.25) is 9.80 Å². The fraction of sp³-hybridized carbons (Fsp3) is 0.520. The maximum Gasteiger partial charge on any atom is 0.231 e. The van der Waals surface area contributed by atoms with Gasteiger partial charge in [-0.2, -0.15) is 0 Å². The van der Waals surface area contributed by atoms with Crippen molar-refractivity contribution in [2.24, 2.45) is 0 Å². The van der Waals surface area contributed by atoms with Gasteiger partial charge in [0.05, 0.1) is 0 Å². The molecule has 2 heterocycles. The predicted molar refractivity (Wildman–Crippen MR) is 121 cm³/mol. The van der Waals surface area contributed by atoms with Gasteiger partial charge >= 0.3 is 0 Å². The molecule has 6 nitrogen and oxygen atoms in total. The van der Waals surface area contributed by atoms with Crippen molar-refractivity contribution < 1.29 is 19.3 Å². The number of nitrogens with zero attached hydrogens (tertiary/aromatic N) is 2. The zero-order valence-corrected chi connectivity index (χ0v) is 18.6. The Morgan fingerprint density at radius 3 is 2.55 bits per heavy atom. The van der Waals surface area contributed by atoms with Crippen molar-refractivity contribution >= 4 is 0 Å². The summed E-state index contributed by atoms with van der Waals surface area (Å²) in [7, 11) is 0. The summed E-state index contributed by atoms with van der Waals surface area (Å²) in [6, 6.07) is 14.3. The maximum absolute atomic E-state index is 10.5. The van der Waals surface area contributed by atoms with Crippen molar-refractivity contribution in [1.29, 1.82) is 0 Å². The standard InChI is InChI=1S/C25H34N2O4/c1-3-19(2)22-6-4-5-7-23(22)29-17-21(28)16-27-12-10-26(11-13-27)15-20-8-9-24-25(14-20)31-18-30-24/h4-9,14,19,21,28H,3,10-13,15-18H2,1-2H3. The molecule has 2 aromatic carbocycles. The average molecular weight is 427 g/mol. The zero-order chi connectivity index (χ0) is 21.6. The molecular formula is C25H34N2O4. The molecule has 0 radical (unpaired) electrons. The van der Waals surface area contributed by atoms with Gasteiger partial charge in [-0.15, -0.1) is 0 Å². The van der Waals surface area contributed by atoms with Gasteiger partial charge in [0.2, 0.25) is 6.79 Å². The van der Waals surface area contributed by atoms with E-state index in [1.165, 1.54) is 11.1 Å². The van der Waals surface area contributed by atoms with E-state index in [9.17, 15) is 5.11 Å². The van der Waals surface area contributed by atoms with E-state index in [-0.39, 0.29) is 0 Å². The van der Waals surface area contributed by atoms with Crippen molar-refractivity contribution in [3.05, 3.63) is 53.6 Å². The summed E-state index contributed by atoms with van der Waals surface area (Å²) in [5.74, 6) is 3.02. The first-order chi connectivity index (χ1) is 15.1. The number of fused-ring (bicyclic) bond motifs is 1. The lowest BCUT2D eigenvalue weighted by atomic mass is 9.98. The molecule has 2 aromatic rings. The van der Waals surface area contributed by atoms with Crippen LogP contribution in [-0.4, -0.2) is 67.1 Å². The Hall–Kier alpha value is -2.28. The predicted octanol–water partition coefficient (Wildman–Crippen LogP) is 3.49. The Balaban J connectivity index is 1.20. The van der Waals surface area contributed by atoms with Crippen LogP contribution in [0.5, 0.6) is 17.2 Å². The van der Waals surface area contributed by atoms with Crippen molar-refractivity contribution in [2.75, 3.05) is 46.1 Å². The lowest BCUT2D eigenvalue weighted by molar-refractivity contribution is 0.0443. The molecule has 1 saturated heterocycles. The molecule has 0 bridgehead atoms. The van der Waals surface area contributed by atoms with E-state index in [2.05, 4.69) is 41.8 Å². The SMILES string of the molecule is CCC(C)c1ccccc1OCC(O)CN1CCN(Cc2ccc3c(c2)OCO3)CC1. The molecule has 0 amide bonds. The Bertz CT molecular complexity index is 851. The summed E-state index contributed by atoms with van der Waals surface area (Å²) in [6.07, 6.45) is 0.574. The molecule has 0 aliphatic carbocycles. The van der Waals surface area contributed by atoms with Crippen LogP contribution in [0.3, 0.4) is 0 Å². The molecule has 0 aromatic heterocycles. The van der Waals surface area contributed by atoms with Crippen molar-refractivity contribution in [2.45, 2.75) is 38.8 Å². The minimum absolute atomic E-state index is 0.312. The first-order valence-electron chi connectivity index (χ1n) is 11.4. The molecule has 0 saturated carbocycles. The maximum atomic E-state index is 10.5. The van der Waals surface area contributed by atoms with Gasteiger partial charge in [-0.05, 0) is 41.7 Å². The third-order valence-corrected chi connectivity index (χ3v) is 6.27. The third kappa shape index (κ3) is 5.70. The number of hydrogen-bond acceptors (Lipinski definition) is 6. The van der Waals surface area contributed by atoms with Gasteiger partial charge in [-0.25, -0.2) is 0 Å². The minimum atomic E-state index is -0.495. The second-order valence-electron chi connectivity index (χ2n) is 8.58. The highest BCUT2D eigenvalue weighted by atomic mass is 16.7. The van der Waals surface area contributed by atoms with Crippen LogP contribution in [0.15, 0.2) is 42.5 Å². The molecule has 168 valence electrons. The van der Waals surface area contributed by atoms with Crippen LogP contribution >= 0.6 is 0 Å². The van der Waals surface area contributed by atoms with E-state index in [4.69, 9.17) is 14.2 Å². The van der Waals surface area contributed by atoms with Crippen LogP contribution in [0.1, 0.15) is 37.3 Å². The van der Waals surface area contributed by atoms with Crippen LogP contribution in [-0.2, 0) is 6.54 Å². The summed E-state index contributed by atoms with van der Waals surface area (Å²) in [6.45, 7) is 10.4. The largest absolute Gasteiger partial charge is 0.491 e. The van der Waals surface area contributed by atoms with Crippen LogP contribution < -0.4 is 14.2 Å². The van der Waals surface area contributed by atoms with Crippen LogP contribution in [0.25, 0.3) is 0 Å². The number of aliphatic hydroxyl groups excluding tert-OH is 1. The average Bonchev–Trinajstić information content (AvgIpc) is 3.26. The number of piperazine rings is 1. The van der Waals surface area contributed by atoms with E-state index in [1.54, 1.807) is 0 Å². The highest BCUT2D eigenvalue weighted by molar-refractivity contribution is 5.44. The lowest BCUT2D eigenvalue weighted by Crippen LogP contribution is -2.48. The molecular weight excluding hydrogens is 392 g/mol. The van der Waals surface area contributed by atoms with Gasteiger partial charge in [0.25, 0.3) is 0 Å². The second kappa shape index (κ2) is 10.4. The molecule has 0 spiro atoms. The number of rotatable bonds is 9. The minimum Gasteiger partial charge on any atom is -0.491 e. The molecule has 2 aliphatic rings. The fourth-order valence-electron chi connectivity index (χ4n) is 4.20. The molecule has 1 N–H and O–H groups in total. The highest BCUT2D eigenvalue weighted by Crippen LogP contribution is 2.33. The monoisotopic (exact) mass is 426 g/mol. The molecule has 31 heavy (non-hydrogen) atoms. The smallest absolute Gasteiger partial charge is 0.231 e. The van der Waals surface area contributed by atoms with Crippen molar-refractivity contribution in [3.63, 3.8) is 0 Å². The second-order valence-corrected chi connectivity index (χ2v) is 8.58. The molecule has 1 fully saturated rings. The van der Waals surface area contributed by atoms with Crippen LogP contribution in [0.4, 0.5) is 0 Å². The summed E-state index contributed by atoms with van der Waals surface area (Å²) < 4.78 is 16.9. The molecule has 2 aliphatic heterocycles. The van der Waals surface area contributed by atoms with Gasteiger partial charge in [0, 0.05) is 39.3 Å². The van der Waals surface area contributed by atoms with Gasteiger partial charge in [-0.1, -0.05) is 38.1 Å². The van der Waals surface area contributed by atoms with Crippen molar-refractivity contribution in [1.82, 2.24) is 9.80 Å². The van der Waals surface area contributed by atoms with Gasteiger partial charge in [0.1, 0.15) is 18.5 Å². The first kappa shape index (κ1) is 21.9.